The van der Waals surface area contributed by atoms with Gasteiger partial charge in [0.15, 0.2) is 0 Å². The molecule has 2 heterocycles. The fraction of sp³-hybridized carbons (Fsp3) is 0.917. The van der Waals surface area contributed by atoms with E-state index >= 15 is 0 Å². The first-order chi connectivity index (χ1) is 7.77. The van der Waals surface area contributed by atoms with E-state index in [0.717, 1.165) is 39.1 Å². The maximum absolute atomic E-state index is 12.1. The van der Waals surface area contributed by atoms with Crippen molar-refractivity contribution in [2.45, 2.75) is 44.8 Å². The van der Waals surface area contributed by atoms with Gasteiger partial charge in [-0.3, -0.25) is 4.79 Å². The van der Waals surface area contributed by atoms with Crippen LogP contribution in [0.2, 0.25) is 0 Å². The Bertz CT molecular complexity index is 239. The molecule has 0 aromatic rings. The molecule has 2 atom stereocenters. The summed E-state index contributed by atoms with van der Waals surface area (Å²) in [6.45, 7) is 5.60. The van der Waals surface area contributed by atoms with Gasteiger partial charge in [0.05, 0.1) is 12.5 Å². The molecule has 0 saturated carbocycles. The topological polar surface area (TPSA) is 41.6 Å². The van der Waals surface area contributed by atoms with E-state index in [4.69, 9.17) is 4.74 Å². The third kappa shape index (κ3) is 2.95. The van der Waals surface area contributed by atoms with Crippen LogP contribution in [-0.2, 0) is 9.53 Å². The second-order valence-electron chi connectivity index (χ2n) is 4.83. The predicted molar refractivity (Wildman–Crippen MR) is 62.3 cm³/mol. The second-order valence-corrected chi connectivity index (χ2v) is 4.83. The number of carbonyl (C=O) groups excluding carboxylic acids is 1. The SMILES string of the molecule is C[C@H]1CNCCN1C(=O)CC1CCCCO1. The van der Waals surface area contributed by atoms with Gasteiger partial charge >= 0.3 is 0 Å². The molecule has 2 rings (SSSR count). The maximum Gasteiger partial charge on any atom is 0.225 e. The molecule has 2 aliphatic heterocycles. The standard InChI is InChI=1S/C12H22N2O2/c1-10-9-13-5-6-14(10)12(15)8-11-4-2-3-7-16-11/h10-11,13H,2-9H2,1H3/t10-,11?/m0/s1. The summed E-state index contributed by atoms with van der Waals surface area (Å²) in [4.78, 5) is 14.1. The Morgan fingerprint density at radius 1 is 1.50 bits per heavy atom. The molecule has 92 valence electrons. The molecule has 1 unspecified atom stereocenters. The summed E-state index contributed by atoms with van der Waals surface area (Å²) in [5.74, 6) is 0.265. The van der Waals surface area contributed by atoms with Crippen LogP contribution >= 0.6 is 0 Å². The van der Waals surface area contributed by atoms with E-state index in [2.05, 4.69) is 12.2 Å². The van der Waals surface area contributed by atoms with Crippen LogP contribution in [0.15, 0.2) is 0 Å². The fourth-order valence-corrected chi connectivity index (χ4v) is 2.49. The normalized spacial score (nSPS) is 31.4. The van der Waals surface area contributed by atoms with Gasteiger partial charge in [-0.1, -0.05) is 0 Å². The van der Waals surface area contributed by atoms with Gasteiger partial charge in [0.1, 0.15) is 0 Å². The lowest BCUT2D eigenvalue weighted by molar-refractivity contribution is -0.137. The number of nitrogens with one attached hydrogen (secondary N) is 1. The van der Waals surface area contributed by atoms with Gasteiger partial charge in [-0.25, -0.2) is 0 Å². The zero-order chi connectivity index (χ0) is 11.4. The number of carbonyl (C=O) groups is 1. The number of piperazine rings is 1. The smallest absolute Gasteiger partial charge is 0.225 e. The van der Waals surface area contributed by atoms with Crippen LogP contribution in [0.4, 0.5) is 0 Å². The molecular weight excluding hydrogens is 204 g/mol. The third-order valence-corrected chi connectivity index (χ3v) is 3.50. The first-order valence-electron chi connectivity index (χ1n) is 6.39. The van der Waals surface area contributed by atoms with E-state index in [1.54, 1.807) is 0 Å². The molecule has 1 N–H and O–H groups in total. The Labute approximate surface area is 97.3 Å². The highest BCUT2D eigenvalue weighted by molar-refractivity contribution is 5.77. The van der Waals surface area contributed by atoms with Crippen LogP contribution in [0, 0.1) is 0 Å². The van der Waals surface area contributed by atoms with Crippen molar-refractivity contribution in [3.63, 3.8) is 0 Å². The van der Waals surface area contributed by atoms with Crippen LogP contribution in [0.25, 0.3) is 0 Å². The lowest BCUT2D eigenvalue weighted by Crippen LogP contribution is -2.52. The van der Waals surface area contributed by atoms with Crippen LogP contribution in [-0.4, -0.2) is 49.2 Å². The fourth-order valence-electron chi connectivity index (χ4n) is 2.49. The average molecular weight is 226 g/mol. The van der Waals surface area contributed by atoms with Crippen molar-refractivity contribution in [1.29, 1.82) is 0 Å². The number of nitrogens with zero attached hydrogens (tertiary/aromatic N) is 1. The molecule has 0 radical (unpaired) electrons. The monoisotopic (exact) mass is 226 g/mol. The van der Waals surface area contributed by atoms with Crippen LogP contribution in [0.3, 0.4) is 0 Å². The number of hydrogen-bond acceptors (Lipinski definition) is 3. The molecule has 0 aromatic heterocycles. The lowest BCUT2D eigenvalue weighted by atomic mass is 10.0. The minimum absolute atomic E-state index is 0.170. The zero-order valence-electron chi connectivity index (χ0n) is 10.1. The molecule has 4 nitrogen and oxygen atoms in total. The van der Waals surface area contributed by atoms with E-state index in [1.165, 1.54) is 6.42 Å². The molecule has 16 heavy (non-hydrogen) atoms. The number of ether oxygens (including phenoxy) is 1. The van der Waals surface area contributed by atoms with Gasteiger partial charge < -0.3 is 15.0 Å². The quantitative estimate of drug-likeness (QED) is 0.756. The Morgan fingerprint density at radius 3 is 3.06 bits per heavy atom. The van der Waals surface area contributed by atoms with Crippen molar-refractivity contribution in [3.8, 4) is 0 Å². The molecule has 4 heteroatoms. The van der Waals surface area contributed by atoms with Crippen molar-refractivity contribution in [3.05, 3.63) is 0 Å². The molecule has 1 amide bonds. The van der Waals surface area contributed by atoms with Gasteiger partial charge in [-0.15, -0.1) is 0 Å². The van der Waals surface area contributed by atoms with Crippen LogP contribution < -0.4 is 5.32 Å². The lowest BCUT2D eigenvalue weighted by Gasteiger charge is -2.35. The first-order valence-corrected chi connectivity index (χ1v) is 6.39. The van der Waals surface area contributed by atoms with E-state index in [1.807, 2.05) is 4.90 Å². The number of rotatable bonds is 2. The van der Waals surface area contributed by atoms with E-state index in [0.29, 0.717) is 12.5 Å². The molecule has 2 fully saturated rings. The van der Waals surface area contributed by atoms with E-state index in [-0.39, 0.29) is 12.0 Å². The van der Waals surface area contributed by atoms with E-state index < -0.39 is 0 Å². The highest BCUT2D eigenvalue weighted by atomic mass is 16.5. The maximum atomic E-state index is 12.1. The van der Waals surface area contributed by atoms with Crippen molar-refractivity contribution in [1.82, 2.24) is 10.2 Å². The molecule has 2 aliphatic rings. The summed E-state index contributed by atoms with van der Waals surface area (Å²) >= 11 is 0. The average Bonchev–Trinajstić information content (AvgIpc) is 2.31. The first kappa shape index (κ1) is 11.9. The van der Waals surface area contributed by atoms with Gasteiger partial charge in [-0.05, 0) is 26.2 Å². The summed E-state index contributed by atoms with van der Waals surface area (Å²) in [7, 11) is 0. The van der Waals surface area contributed by atoms with Gasteiger partial charge in [0.2, 0.25) is 5.91 Å². The van der Waals surface area contributed by atoms with Crippen LogP contribution in [0.5, 0.6) is 0 Å². The Morgan fingerprint density at radius 2 is 2.38 bits per heavy atom. The Hall–Kier alpha value is -0.610. The van der Waals surface area contributed by atoms with Crippen LogP contribution in [0.1, 0.15) is 32.6 Å². The largest absolute Gasteiger partial charge is 0.378 e. The molecule has 0 aliphatic carbocycles. The third-order valence-electron chi connectivity index (χ3n) is 3.50. The minimum Gasteiger partial charge on any atom is -0.378 e. The molecular formula is C12H22N2O2. The summed E-state index contributed by atoms with van der Waals surface area (Å²) in [6.07, 6.45) is 4.14. The predicted octanol–water partition coefficient (Wildman–Crippen LogP) is 0.766. The van der Waals surface area contributed by atoms with E-state index in [9.17, 15) is 4.79 Å². The van der Waals surface area contributed by atoms with Crippen molar-refractivity contribution in [2.75, 3.05) is 26.2 Å². The highest BCUT2D eigenvalue weighted by Gasteiger charge is 2.26. The molecule has 0 aromatic carbocycles. The van der Waals surface area contributed by atoms with Gasteiger partial charge in [0.25, 0.3) is 0 Å². The summed E-state index contributed by atoms with van der Waals surface area (Å²) in [5.41, 5.74) is 0. The van der Waals surface area contributed by atoms with Gasteiger partial charge in [-0.2, -0.15) is 0 Å². The Balaban J connectivity index is 1.81. The van der Waals surface area contributed by atoms with Crippen molar-refractivity contribution in [2.24, 2.45) is 0 Å². The minimum atomic E-state index is 0.170. The van der Waals surface area contributed by atoms with Crippen molar-refractivity contribution < 1.29 is 9.53 Å². The summed E-state index contributed by atoms with van der Waals surface area (Å²) in [5, 5.41) is 3.30. The second kappa shape index (κ2) is 5.64. The van der Waals surface area contributed by atoms with Gasteiger partial charge in [0, 0.05) is 32.3 Å². The summed E-state index contributed by atoms with van der Waals surface area (Å²) in [6, 6.07) is 0.324. The summed E-state index contributed by atoms with van der Waals surface area (Å²) < 4.78 is 5.61. The number of amides is 1. The zero-order valence-corrected chi connectivity index (χ0v) is 10.1. The van der Waals surface area contributed by atoms with Crippen molar-refractivity contribution >= 4 is 5.91 Å². The molecule has 2 saturated heterocycles. The molecule has 0 bridgehead atoms. The molecule has 0 spiro atoms. The highest BCUT2D eigenvalue weighted by Crippen LogP contribution is 2.17. The number of hydrogen-bond donors (Lipinski definition) is 1. The Kier molecular flexibility index (Phi) is 4.18.